The number of carbonyl (C=O) groups is 1. The zero-order valence-corrected chi connectivity index (χ0v) is 7.05. The van der Waals surface area contributed by atoms with E-state index in [2.05, 4.69) is 6.92 Å². The first-order chi connectivity index (χ1) is 5.20. The predicted molar refractivity (Wildman–Crippen MR) is 43.4 cm³/mol. The van der Waals surface area contributed by atoms with Crippen molar-refractivity contribution in [3.63, 3.8) is 0 Å². The highest BCUT2D eigenvalue weighted by Gasteiger charge is 2.22. The van der Waals surface area contributed by atoms with Gasteiger partial charge in [0.1, 0.15) is 0 Å². The molecule has 1 fully saturated rings. The molecule has 1 rings (SSSR count). The van der Waals surface area contributed by atoms with Gasteiger partial charge in [-0.2, -0.15) is 0 Å². The van der Waals surface area contributed by atoms with Gasteiger partial charge in [0.15, 0.2) is 0 Å². The maximum atomic E-state index is 10.7. The van der Waals surface area contributed by atoms with Crippen LogP contribution >= 0.6 is 0 Å². The highest BCUT2D eigenvalue weighted by molar-refractivity contribution is 5.69. The van der Waals surface area contributed by atoms with E-state index >= 15 is 0 Å². The Hall–Kier alpha value is -0.530. The average molecular weight is 156 g/mol. The van der Waals surface area contributed by atoms with Crippen molar-refractivity contribution >= 4 is 5.97 Å². The Morgan fingerprint density at radius 2 is 2.00 bits per heavy atom. The molecule has 0 saturated heterocycles. The van der Waals surface area contributed by atoms with Gasteiger partial charge < -0.3 is 5.11 Å². The zero-order chi connectivity index (χ0) is 8.27. The highest BCUT2D eigenvalue weighted by atomic mass is 16.4. The van der Waals surface area contributed by atoms with E-state index < -0.39 is 5.97 Å². The number of carboxylic acid groups (broad SMARTS) is 1. The monoisotopic (exact) mass is 156 g/mol. The van der Waals surface area contributed by atoms with Crippen molar-refractivity contribution in [1.29, 1.82) is 0 Å². The Labute approximate surface area is 67.6 Å². The first-order valence-corrected chi connectivity index (χ1v) is 4.43. The van der Waals surface area contributed by atoms with Crippen LogP contribution in [0.2, 0.25) is 0 Å². The molecule has 1 saturated carbocycles. The Kier molecular flexibility index (Phi) is 2.92. The second-order valence-electron chi connectivity index (χ2n) is 3.66. The third-order valence-corrected chi connectivity index (χ3v) is 2.54. The highest BCUT2D eigenvalue weighted by Crippen LogP contribution is 2.27. The molecule has 0 aromatic carbocycles. The van der Waals surface area contributed by atoms with Crippen LogP contribution in [0.15, 0.2) is 0 Å². The van der Waals surface area contributed by atoms with Crippen molar-refractivity contribution in [2.75, 3.05) is 0 Å². The Morgan fingerprint density at radius 3 is 2.64 bits per heavy atom. The van der Waals surface area contributed by atoms with Gasteiger partial charge in [-0.1, -0.05) is 26.2 Å². The van der Waals surface area contributed by atoms with Crippen LogP contribution in [0.4, 0.5) is 0 Å². The van der Waals surface area contributed by atoms with Crippen LogP contribution in [0.5, 0.6) is 0 Å². The summed E-state index contributed by atoms with van der Waals surface area (Å²) in [7, 11) is 0. The van der Waals surface area contributed by atoms with Crippen LogP contribution in [0.1, 0.15) is 39.0 Å². The molecule has 0 spiro atoms. The molecule has 0 aliphatic heterocycles. The molecule has 0 aromatic heterocycles. The number of aliphatic carboxylic acids is 1. The van der Waals surface area contributed by atoms with Gasteiger partial charge in [0.2, 0.25) is 0 Å². The summed E-state index contributed by atoms with van der Waals surface area (Å²) in [6, 6.07) is 0. The van der Waals surface area contributed by atoms with Gasteiger partial charge in [-0.25, -0.2) is 0 Å². The third-order valence-electron chi connectivity index (χ3n) is 2.54. The van der Waals surface area contributed by atoms with Gasteiger partial charge in [0, 0.05) is 0 Å². The largest absolute Gasteiger partial charge is 0.481 e. The summed E-state index contributed by atoms with van der Waals surface area (Å²) in [5, 5.41) is 8.78. The SMILES string of the molecule is CC1CCCC[C@H](C(=O)O)C1. The molecule has 0 bridgehead atoms. The molecule has 1 N–H and O–H groups in total. The molecule has 64 valence electrons. The van der Waals surface area contributed by atoms with Gasteiger partial charge in [-0.3, -0.25) is 4.79 Å². The summed E-state index contributed by atoms with van der Waals surface area (Å²) in [6.07, 6.45) is 5.30. The van der Waals surface area contributed by atoms with E-state index in [1.807, 2.05) is 0 Å². The molecule has 0 aromatic rings. The van der Waals surface area contributed by atoms with E-state index in [0.29, 0.717) is 5.92 Å². The molecule has 0 radical (unpaired) electrons. The van der Waals surface area contributed by atoms with Gasteiger partial charge in [0.25, 0.3) is 0 Å². The van der Waals surface area contributed by atoms with Crippen molar-refractivity contribution in [3.8, 4) is 0 Å². The minimum absolute atomic E-state index is 0.0625. The van der Waals surface area contributed by atoms with E-state index in [4.69, 9.17) is 5.11 Å². The van der Waals surface area contributed by atoms with Gasteiger partial charge in [0.05, 0.1) is 5.92 Å². The number of hydrogen-bond acceptors (Lipinski definition) is 1. The van der Waals surface area contributed by atoms with Gasteiger partial charge in [-0.15, -0.1) is 0 Å². The van der Waals surface area contributed by atoms with E-state index in [-0.39, 0.29) is 5.92 Å². The first-order valence-electron chi connectivity index (χ1n) is 4.43. The standard InChI is InChI=1S/C9H16O2/c1-7-4-2-3-5-8(6-7)9(10)11/h7-8H,2-6H2,1H3,(H,10,11)/t7?,8-/m0/s1. The Morgan fingerprint density at radius 1 is 1.36 bits per heavy atom. The van der Waals surface area contributed by atoms with Gasteiger partial charge in [-0.05, 0) is 18.8 Å². The molecule has 0 heterocycles. The molecule has 2 nitrogen and oxygen atoms in total. The molecular formula is C9H16O2. The fraction of sp³-hybridized carbons (Fsp3) is 0.889. The van der Waals surface area contributed by atoms with E-state index in [1.54, 1.807) is 0 Å². The smallest absolute Gasteiger partial charge is 0.306 e. The number of hydrogen-bond donors (Lipinski definition) is 1. The maximum Gasteiger partial charge on any atom is 0.306 e. The third kappa shape index (κ3) is 2.52. The second kappa shape index (κ2) is 3.74. The van der Waals surface area contributed by atoms with E-state index in [9.17, 15) is 4.79 Å². The summed E-state index contributed by atoms with van der Waals surface area (Å²) in [5.74, 6) is -0.0511. The lowest BCUT2D eigenvalue weighted by atomic mass is 9.95. The second-order valence-corrected chi connectivity index (χ2v) is 3.66. The van der Waals surface area contributed by atoms with Crippen LogP contribution in [-0.2, 0) is 4.79 Å². The lowest BCUT2D eigenvalue weighted by molar-refractivity contribution is -0.142. The summed E-state index contributed by atoms with van der Waals surface area (Å²) in [5.41, 5.74) is 0. The lowest BCUT2D eigenvalue weighted by Gasteiger charge is -2.11. The summed E-state index contributed by atoms with van der Waals surface area (Å²) < 4.78 is 0. The summed E-state index contributed by atoms with van der Waals surface area (Å²) in [6.45, 7) is 2.15. The average Bonchev–Trinajstić information content (AvgIpc) is 2.13. The van der Waals surface area contributed by atoms with Crippen molar-refractivity contribution in [3.05, 3.63) is 0 Å². The van der Waals surface area contributed by atoms with Crippen molar-refractivity contribution in [1.82, 2.24) is 0 Å². The predicted octanol–water partition coefficient (Wildman–Crippen LogP) is 2.29. The quantitative estimate of drug-likeness (QED) is 0.591. The number of carboxylic acids is 1. The number of rotatable bonds is 1. The van der Waals surface area contributed by atoms with Crippen LogP contribution in [0, 0.1) is 11.8 Å². The van der Waals surface area contributed by atoms with Crippen LogP contribution in [-0.4, -0.2) is 11.1 Å². The molecular weight excluding hydrogens is 140 g/mol. The van der Waals surface area contributed by atoms with Crippen LogP contribution in [0.3, 0.4) is 0 Å². The molecule has 2 heteroatoms. The minimum atomic E-state index is -0.598. The molecule has 1 aliphatic carbocycles. The molecule has 1 aliphatic rings. The Balaban J connectivity index is 2.45. The fourth-order valence-electron chi connectivity index (χ4n) is 1.83. The topological polar surface area (TPSA) is 37.3 Å². The molecule has 0 amide bonds. The van der Waals surface area contributed by atoms with E-state index in [0.717, 1.165) is 19.3 Å². The normalized spacial score (nSPS) is 32.8. The fourth-order valence-corrected chi connectivity index (χ4v) is 1.83. The van der Waals surface area contributed by atoms with Crippen LogP contribution in [0.25, 0.3) is 0 Å². The van der Waals surface area contributed by atoms with Crippen LogP contribution < -0.4 is 0 Å². The molecule has 1 unspecified atom stereocenters. The maximum absolute atomic E-state index is 10.7. The van der Waals surface area contributed by atoms with Crippen molar-refractivity contribution in [2.24, 2.45) is 11.8 Å². The molecule has 2 atom stereocenters. The van der Waals surface area contributed by atoms with Crippen molar-refractivity contribution in [2.45, 2.75) is 39.0 Å². The molecule has 11 heavy (non-hydrogen) atoms. The summed E-state index contributed by atoms with van der Waals surface area (Å²) in [4.78, 5) is 10.7. The van der Waals surface area contributed by atoms with Gasteiger partial charge >= 0.3 is 5.97 Å². The summed E-state index contributed by atoms with van der Waals surface area (Å²) >= 11 is 0. The van der Waals surface area contributed by atoms with E-state index in [1.165, 1.54) is 12.8 Å². The first kappa shape index (κ1) is 8.57. The zero-order valence-electron chi connectivity index (χ0n) is 7.05. The Bertz CT molecular complexity index is 142. The lowest BCUT2D eigenvalue weighted by Crippen LogP contribution is -2.14. The van der Waals surface area contributed by atoms with Crippen molar-refractivity contribution < 1.29 is 9.90 Å². The minimum Gasteiger partial charge on any atom is -0.481 e.